The van der Waals surface area contributed by atoms with Crippen molar-refractivity contribution in [1.29, 1.82) is 0 Å². The molecule has 0 saturated carbocycles. The van der Waals surface area contributed by atoms with E-state index < -0.39 is 18.1 Å². The number of carbonyl (C=O) groups is 4. The van der Waals surface area contributed by atoms with Crippen LogP contribution >= 0.6 is 0 Å². The third kappa shape index (κ3) is 11.7. The SMILES string of the molecule is COC[C@H]1[C@H](c2ccccc2)OC(=O)CC/C=C/CCC(=O)N1Cc1ccc(/C=N/NC(=O)CCCCCC(=O)NO)cc1. The Morgan fingerprint density at radius 2 is 1.66 bits per heavy atom. The molecule has 0 bridgehead atoms. The molecule has 11 nitrogen and oxygen atoms in total. The van der Waals surface area contributed by atoms with Crippen molar-refractivity contribution in [1.82, 2.24) is 15.8 Å². The van der Waals surface area contributed by atoms with E-state index in [1.807, 2.05) is 66.7 Å². The maximum absolute atomic E-state index is 13.6. The number of nitrogens with zero attached hydrogens (tertiary/aromatic N) is 2. The van der Waals surface area contributed by atoms with Crippen molar-refractivity contribution in [3.63, 3.8) is 0 Å². The van der Waals surface area contributed by atoms with Gasteiger partial charge in [0.25, 0.3) is 0 Å². The lowest BCUT2D eigenvalue weighted by Gasteiger charge is -2.37. The first kappa shape index (κ1) is 34.1. The summed E-state index contributed by atoms with van der Waals surface area (Å²) in [6.45, 7) is 0.461. The van der Waals surface area contributed by atoms with Crippen molar-refractivity contribution in [3.05, 3.63) is 83.4 Å². The molecule has 0 spiro atoms. The highest BCUT2D eigenvalue weighted by atomic mass is 16.5. The minimum absolute atomic E-state index is 0.0701. The number of carbonyl (C=O) groups excluding carboxylic acids is 4. The second kappa shape index (κ2) is 19.0. The van der Waals surface area contributed by atoms with Gasteiger partial charge >= 0.3 is 5.97 Å². The van der Waals surface area contributed by atoms with E-state index in [0.29, 0.717) is 38.5 Å². The van der Waals surface area contributed by atoms with Crippen molar-refractivity contribution in [2.24, 2.45) is 5.10 Å². The van der Waals surface area contributed by atoms with Gasteiger partial charge in [-0.3, -0.25) is 24.4 Å². The Labute approximate surface area is 258 Å². The van der Waals surface area contributed by atoms with Gasteiger partial charge in [-0.25, -0.2) is 10.9 Å². The Bertz CT molecular complexity index is 1260. The molecule has 2 atom stereocenters. The number of hydrazone groups is 1. The fourth-order valence-electron chi connectivity index (χ4n) is 4.85. The molecule has 236 valence electrons. The van der Waals surface area contributed by atoms with E-state index in [0.717, 1.165) is 16.7 Å². The number of benzene rings is 2. The first-order chi connectivity index (χ1) is 21.4. The van der Waals surface area contributed by atoms with Crippen molar-refractivity contribution in [2.75, 3.05) is 13.7 Å². The standard InChI is InChI=1S/C33H42N4O7/c1-43-24-28-33(27-12-6-4-7-13-27)44-32(41)17-11-3-2-10-16-31(40)37(28)23-26-20-18-25(19-21-26)22-34-35-29(38)14-8-5-9-15-30(39)36-42/h2-4,6-7,12-13,18-22,28,33,42H,5,8-11,14-17,23-24H2,1H3,(H,35,38)(H,36,39)/b3-2+,34-22+/t28-,33-/m0/s1. The van der Waals surface area contributed by atoms with Crippen LogP contribution in [0.25, 0.3) is 0 Å². The summed E-state index contributed by atoms with van der Waals surface area (Å²) in [6, 6.07) is 16.4. The molecule has 11 heteroatoms. The number of ether oxygens (including phenoxy) is 2. The fourth-order valence-corrected chi connectivity index (χ4v) is 4.85. The molecule has 1 aliphatic heterocycles. The van der Waals surface area contributed by atoms with Crippen LogP contribution < -0.4 is 10.9 Å². The molecule has 44 heavy (non-hydrogen) atoms. The lowest BCUT2D eigenvalue weighted by Crippen LogP contribution is -2.47. The number of hydrogen-bond donors (Lipinski definition) is 3. The maximum Gasteiger partial charge on any atom is 0.306 e. The average Bonchev–Trinajstić information content (AvgIpc) is 3.03. The summed E-state index contributed by atoms with van der Waals surface area (Å²) in [6.07, 6.45) is 8.73. The molecule has 3 rings (SSSR count). The summed E-state index contributed by atoms with van der Waals surface area (Å²) in [7, 11) is 1.57. The summed E-state index contributed by atoms with van der Waals surface area (Å²) in [5.74, 6) is -1.07. The monoisotopic (exact) mass is 606 g/mol. The number of methoxy groups -OCH3 is 1. The molecule has 0 radical (unpaired) electrons. The molecule has 0 aliphatic carbocycles. The van der Waals surface area contributed by atoms with Crippen molar-refractivity contribution in [2.45, 2.75) is 76.5 Å². The highest BCUT2D eigenvalue weighted by Gasteiger charge is 2.34. The molecule has 0 saturated heterocycles. The Kier molecular flexibility index (Phi) is 14.8. The fraction of sp³-hybridized carbons (Fsp3) is 0.424. The molecule has 2 aromatic carbocycles. The first-order valence-electron chi connectivity index (χ1n) is 14.9. The molecule has 2 aromatic rings. The van der Waals surface area contributed by atoms with Gasteiger partial charge in [0.05, 0.1) is 18.9 Å². The van der Waals surface area contributed by atoms with E-state index in [4.69, 9.17) is 14.7 Å². The molecule has 0 unspecified atom stereocenters. The van der Waals surface area contributed by atoms with E-state index in [9.17, 15) is 19.2 Å². The van der Waals surface area contributed by atoms with Crippen molar-refractivity contribution < 1.29 is 33.9 Å². The molecule has 3 amide bonds. The summed E-state index contributed by atoms with van der Waals surface area (Å²) < 4.78 is 11.6. The lowest BCUT2D eigenvalue weighted by atomic mass is 9.99. The van der Waals surface area contributed by atoms with Crippen molar-refractivity contribution in [3.8, 4) is 0 Å². The second-order valence-electron chi connectivity index (χ2n) is 10.5. The average molecular weight is 607 g/mol. The van der Waals surface area contributed by atoms with Gasteiger partial charge in [-0.15, -0.1) is 0 Å². The summed E-state index contributed by atoms with van der Waals surface area (Å²) >= 11 is 0. The van der Waals surface area contributed by atoms with Gasteiger partial charge in [0.15, 0.2) is 0 Å². The third-order valence-corrected chi connectivity index (χ3v) is 7.17. The second-order valence-corrected chi connectivity index (χ2v) is 10.5. The summed E-state index contributed by atoms with van der Waals surface area (Å²) in [4.78, 5) is 51.2. The maximum atomic E-state index is 13.6. The van der Waals surface area contributed by atoms with Gasteiger partial charge in [-0.05, 0) is 42.4 Å². The largest absolute Gasteiger partial charge is 0.455 e. The smallest absolute Gasteiger partial charge is 0.306 e. The van der Waals surface area contributed by atoms with Crippen LogP contribution in [0.5, 0.6) is 0 Å². The normalized spacial score (nSPS) is 18.6. The van der Waals surface area contributed by atoms with Gasteiger partial charge in [-0.2, -0.15) is 5.10 Å². The minimum Gasteiger partial charge on any atom is -0.455 e. The number of amides is 3. The molecule has 1 heterocycles. The van der Waals surface area contributed by atoms with Crippen LogP contribution in [0.15, 0.2) is 71.9 Å². The number of hydroxylamine groups is 1. The van der Waals surface area contributed by atoms with E-state index in [2.05, 4.69) is 10.5 Å². The van der Waals surface area contributed by atoms with Crippen molar-refractivity contribution >= 4 is 29.9 Å². The Balaban J connectivity index is 1.69. The molecule has 3 N–H and O–H groups in total. The van der Waals surface area contributed by atoms with Gasteiger partial charge in [0.2, 0.25) is 17.7 Å². The molecule has 0 fully saturated rings. The van der Waals surface area contributed by atoms with E-state index in [1.54, 1.807) is 23.7 Å². The molecular weight excluding hydrogens is 564 g/mol. The first-order valence-corrected chi connectivity index (χ1v) is 14.9. The molecular formula is C33H42N4O7. The van der Waals surface area contributed by atoms with Crippen LogP contribution in [0.2, 0.25) is 0 Å². The van der Waals surface area contributed by atoms with E-state index in [-0.39, 0.29) is 50.2 Å². The van der Waals surface area contributed by atoms with Crippen LogP contribution in [0, 0.1) is 0 Å². The highest BCUT2D eigenvalue weighted by molar-refractivity contribution is 5.82. The zero-order valence-electron chi connectivity index (χ0n) is 25.2. The van der Waals surface area contributed by atoms with Gasteiger partial charge < -0.3 is 14.4 Å². The van der Waals surface area contributed by atoms with Crippen LogP contribution in [0.3, 0.4) is 0 Å². The Morgan fingerprint density at radius 3 is 2.34 bits per heavy atom. The zero-order chi connectivity index (χ0) is 31.6. The molecule has 1 aliphatic rings. The minimum atomic E-state index is -0.703. The van der Waals surface area contributed by atoms with Crippen LogP contribution in [-0.2, 0) is 35.2 Å². The Morgan fingerprint density at radius 1 is 0.977 bits per heavy atom. The van der Waals surface area contributed by atoms with Gasteiger partial charge in [0.1, 0.15) is 6.10 Å². The number of nitrogens with one attached hydrogen (secondary N) is 2. The van der Waals surface area contributed by atoms with E-state index in [1.165, 1.54) is 0 Å². The van der Waals surface area contributed by atoms with Crippen LogP contribution in [-0.4, -0.2) is 59.8 Å². The Hall–Kier alpha value is -4.35. The number of cyclic esters (lactones) is 1. The zero-order valence-corrected chi connectivity index (χ0v) is 25.2. The number of allylic oxidation sites excluding steroid dienone is 2. The number of unbranched alkanes of at least 4 members (excludes halogenated alkanes) is 2. The number of hydrogen-bond acceptors (Lipinski definition) is 8. The number of esters is 1. The van der Waals surface area contributed by atoms with E-state index >= 15 is 0 Å². The lowest BCUT2D eigenvalue weighted by molar-refractivity contribution is -0.159. The van der Waals surface area contributed by atoms with Gasteiger partial charge in [0, 0.05) is 39.3 Å². The predicted molar refractivity (Wildman–Crippen MR) is 164 cm³/mol. The highest BCUT2D eigenvalue weighted by Crippen LogP contribution is 2.29. The number of rotatable bonds is 13. The topological polar surface area (TPSA) is 147 Å². The molecule has 0 aromatic heterocycles. The predicted octanol–water partition coefficient (Wildman–Crippen LogP) is 4.35. The van der Waals surface area contributed by atoms with Crippen LogP contribution in [0.1, 0.15) is 80.6 Å². The summed E-state index contributed by atoms with van der Waals surface area (Å²) in [5.41, 5.74) is 6.51. The van der Waals surface area contributed by atoms with Crippen LogP contribution in [0.4, 0.5) is 0 Å². The quantitative estimate of drug-likeness (QED) is 0.0767. The third-order valence-electron chi connectivity index (χ3n) is 7.17. The van der Waals surface area contributed by atoms with Gasteiger partial charge in [-0.1, -0.05) is 73.2 Å². The summed E-state index contributed by atoms with van der Waals surface area (Å²) in [5, 5.41) is 12.5.